The first-order chi connectivity index (χ1) is 14.5. The molecule has 0 spiro atoms. The molecule has 0 atom stereocenters. The molecule has 1 heterocycles. The van der Waals surface area contributed by atoms with Gasteiger partial charge in [0, 0.05) is 22.9 Å². The van der Waals surface area contributed by atoms with E-state index in [1.54, 1.807) is 0 Å². The van der Waals surface area contributed by atoms with Crippen LogP contribution in [0.5, 0.6) is 0 Å². The maximum absolute atomic E-state index is 2.46. The van der Waals surface area contributed by atoms with Gasteiger partial charge in [0.2, 0.25) is 0 Å². The van der Waals surface area contributed by atoms with Gasteiger partial charge in [-0.15, -0.1) is 0 Å². The Balaban J connectivity index is 1.71. The number of fused-ring (bicyclic) bond motifs is 7. The lowest BCUT2D eigenvalue weighted by atomic mass is 9.85. The number of rotatable bonds is 1. The molecule has 0 amide bonds. The third-order valence-corrected chi connectivity index (χ3v) is 6.59. The molecule has 1 aromatic heterocycles. The van der Waals surface area contributed by atoms with Crippen LogP contribution in [-0.4, -0.2) is 4.57 Å². The molecular weight excluding hydrogens is 362 g/mol. The van der Waals surface area contributed by atoms with Gasteiger partial charge in [-0.1, -0.05) is 87.5 Å². The molecule has 0 N–H and O–H groups in total. The summed E-state index contributed by atoms with van der Waals surface area (Å²) in [6, 6.07) is 31.3. The van der Waals surface area contributed by atoms with Crippen molar-refractivity contribution >= 4 is 21.8 Å². The van der Waals surface area contributed by atoms with Gasteiger partial charge in [0.15, 0.2) is 0 Å². The summed E-state index contributed by atoms with van der Waals surface area (Å²) < 4.78 is 2.46. The van der Waals surface area contributed by atoms with Crippen LogP contribution >= 0.6 is 0 Å². The summed E-state index contributed by atoms with van der Waals surface area (Å²) in [5.41, 5.74) is 11.1. The zero-order chi connectivity index (χ0) is 20.5. The molecule has 0 radical (unpaired) electrons. The minimum absolute atomic E-state index is 0.154. The summed E-state index contributed by atoms with van der Waals surface area (Å²) in [6.07, 6.45) is 0.996. The molecule has 1 heteroatoms. The summed E-state index contributed by atoms with van der Waals surface area (Å²) in [6.45, 7) is 6.88. The highest BCUT2D eigenvalue weighted by molar-refractivity contribution is 6.12. The van der Waals surface area contributed by atoms with E-state index < -0.39 is 0 Å². The third-order valence-electron chi connectivity index (χ3n) is 6.59. The van der Waals surface area contributed by atoms with Crippen LogP contribution in [0.4, 0.5) is 0 Å². The van der Waals surface area contributed by atoms with Gasteiger partial charge >= 0.3 is 0 Å². The van der Waals surface area contributed by atoms with Crippen LogP contribution in [0.15, 0.2) is 84.9 Å². The lowest BCUT2D eigenvalue weighted by Crippen LogP contribution is -2.10. The highest BCUT2D eigenvalue weighted by Gasteiger charge is 2.26. The molecule has 1 aliphatic rings. The summed E-state index contributed by atoms with van der Waals surface area (Å²) in [5.74, 6) is 0. The Bertz CT molecular complexity index is 1430. The fraction of sp³-hybridized carbons (Fsp3) is 0.172. The number of hydrogen-bond donors (Lipinski definition) is 0. The van der Waals surface area contributed by atoms with Crippen molar-refractivity contribution in [2.24, 2.45) is 0 Å². The molecule has 0 saturated carbocycles. The molecule has 1 nitrogen and oxygen atoms in total. The Morgan fingerprint density at radius 3 is 2.27 bits per heavy atom. The highest BCUT2D eigenvalue weighted by Crippen LogP contribution is 2.45. The Labute approximate surface area is 177 Å². The van der Waals surface area contributed by atoms with Crippen molar-refractivity contribution < 1.29 is 0 Å². The first-order valence-electron chi connectivity index (χ1n) is 10.8. The van der Waals surface area contributed by atoms with Crippen LogP contribution in [-0.2, 0) is 11.8 Å². The number of aromatic nitrogens is 1. The molecule has 0 aliphatic heterocycles. The van der Waals surface area contributed by atoms with E-state index in [1.807, 2.05) is 0 Å². The van der Waals surface area contributed by atoms with E-state index in [0.717, 1.165) is 6.42 Å². The molecule has 1 aliphatic carbocycles. The van der Waals surface area contributed by atoms with E-state index in [9.17, 15) is 0 Å². The van der Waals surface area contributed by atoms with E-state index in [4.69, 9.17) is 0 Å². The summed E-state index contributed by atoms with van der Waals surface area (Å²) in [7, 11) is 0. The second-order valence-corrected chi connectivity index (χ2v) is 9.47. The van der Waals surface area contributed by atoms with Crippen molar-refractivity contribution in [3.8, 4) is 16.8 Å². The highest BCUT2D eigenvalue weighted by atomic mass is 15.0. The van der Waals surface area contributed by atoms with Crippen LogP contribution in [0, 0.1) is 0 Å². The van der Waals surface area contributed by atoms with Crippen molar-refractivity contribution in [2.45, 2.75) is 32.6 Å². The Morgan fingerprint density at radius 2 is 1.47 bits per heavy atom. The minimum atomic E-state index is 0.154. The Hall–Kier alpha value is -3.32. The van der Waals surface area contributed by atoms with Crippen LogP contribution in [0.25, 0.3) is 38.6 Å². The average Bonchev–Trinajstić information content (AvgIpc) is 3.29. The van der Waals surface area contributed by atoms with E-state index in [-0.39, 0.29) is 5.41 Å². The van der Waals surface area contributed by atoms with E-state index >= 15 is 0 Å². The van der Waals surface area contributed by atoms with Crippen molar-refractivity contribution in [3.05, 3.63) is 102 Å². The Kier molecular flexibility index (Phi) is 3.56. The van der Waals surface area contributed by atoms with E-state index in [1.165, 1.54) is 55.3 Å². The molecule has 0 saturated heterocycles. The van der Waals surface area contributed by atoms with Crippen molar-refractivity contribution in [2.75, 3.05) is 0 Å². The molecule has 0 fully saturated rings. The largest absolute Gasteiger partial charge is 0.309 e. The van der Waals surface area contributed by atoms with Gasteiger partial charge in [-0.05, 0) is 51.4 Å². The van der Waals surface area contributed by atoms with E-state index in [2.05, 4.69) is 110 Å². The smallest absolute Gasteiger partial charge is 0.0582 e. The first kappa shape index (κ1) is 17.5. The van der Waals surface area contributed by atoms with Gasteiger partial charge in [-0.3, -0.25) is 0 Å². The van der Waals surface area contributed by atoms with Gasteiger partial charge in [0.1, 0.15) is 0 Å². The van der Waals surface area contributed by atoms with Crippen LogP contribution < -0.4 is 0 Å². The second kappa shape index (κ2) is 6.09. The van der Waals surface area contributed by atoms with Crippen molar-refractivity contribution in [1.29, 1.82) is 0 Å². The van der Waals surface area contributed by atoms with Crippen molar-refractivity contribution in [1.82, 2.24) is 4.57 Å². The molecule has 0 bridgehead atoms. The average molecular weight is 388 g/mol. The summed E-state index contributed by atoms with van der Waals surface area (Å²) >= 11 is 0. The second-order valence-electron chi connectivity index (χ2n) is 9.47. The van der Waals surface area contributed by atoms with Gasteiger partial charge in [0.25, 0.3) is 0 Å². The van der Waals surface area contributed by atoms with Gasteiger partial charge < -0.3 is 4.57 Å². The summed E-state index contributed by atoms with van der Waals surface area (Å²) in [5, 5.41) is 2.67. The molecule has 0 unspecified atom stereocenters. The fourth-order valence-electron chi connectivity index (χ4n) is 5.04. The standard InChI is InChI=1S/C29H25N/c1-29(2,3)20-14-13-19-17-26-22(25(19)18-20)15-16-24-23-11-7-8-12-27(23)30(28(24)26)21-9-5-4-6-10-21/h4-16,18H,17H2,1-3H3. The third kappa shape index (κ3) is 2.42. The quantitative estimate of drug-likeness (QED) is 0.273. The number of nitrogens with zero attached hydrogens (tertiary/aromatic N) is 1. The van der Waals surface area contributed by atoms with Gasteiger partial charge in [-0.25, -0.2) is 0 Å². The SMILES string of the molecule is CC(C)(C)c1ccc2c(c1)-c1ccc3c4ccccc4n(-c4ccccc4)c3c1C2. The van der Waals surface area contributed by atoms with Gasteiger partial charge in [-0.2, -0.15) is 0 Å². The zero-order valence-corrected chi connectivity index (χ0v) is 17.7. The van der Waals surface area contributed by atoms with Crippen LogP contribution in [0.1, 0.15) is 37.5 Å². The predicted molar refractivity (Wildman–Crippen MR) is 128 cm³/mol. The van der Waals surface area contributed by atoms with Gasteiger partial charge in [0.05, 0.1) is 11.0 Å². The van der Waals surface area contributed by atoms with Crippen LogP contribution in [0.3, 0.4) is 0 Å². The summed E-state index contributed by atoms with van der Waals surface area (Å²) in [4.78, 5) is 0. The lowest BCUT2D eigenvalue weighted by molar-refractivity contribution is 0.590. The number of benzene rings is 4. The van der Waals surface area contributed by atoms with Crippen LogP contribution in [0.2, 0.25) is 0 Å². The Morgan fingerprint density at radius 1 is 0.700 bits per heavy atom. The van der Waals surface area contributed by atoms with Crippen molar-refractivity contribution in [3.63, 3.8) is 0 Å². The molecule has 6 rings (SSSR count). The fourth-order valence-corrected chi connectivity index (χ4v) is 5.04. The maximum Gasteiger partial charge on any atom is 0.0582 e. The molecule has 4 aromatic carbocycles. The monoisotopic (exact) mass is 387 g/mol. The molecule has 5 aromatic rings. The molecular formula is C29H25N. The zero-order valence-electron chi connectivity index (χ0n) is 17.7. The topological polar surface area (TPSA) is 4.93 Å². The number of para-hydroxylation sites is 2. The van der Waals surface area contributed by atoms with E-state index in [0.29, 0.717) is 0 Å². The number of hydrogen-bond acceptors (Lipinski definition) is 0. The maximum atomic E-state index is 2.46. The lowest BCUT2D eigenvalue weighted by Gasteiger charge is -2.20. The molecule has 146 valence electrons. The molecule has 30 heavy (non-hydrogen) atoms. The minimum Gasteiger partial charge on any atom is -0.309 e. The first-order valence-corrected chi connectivity index (χ1v) is 10.8. The predicted octanol–water partition coefficient (Wildman–Crippen LogP) is 7.65. The normalized spacial score (nSPS) is 13.0.